The summed E-state index contributed by atoms with van der Waals surface area (Å²) in [6, 6.07) is 10.6. The van der Waals surface area contributed by atoms with Gasteiger partial charge in [-0.2, -0.15) is 0 Å². The van der Waals surface area contributed by atoms with E-state index < -0.39 is 0 Å². The molecule has 0 amide bonds. The molecule has 0 bridgehead atoms. The van der Waals surface area contributed by atoms with Crippen LogP contribution in [0.2, 0.25) is 0 Å². The molecular weight excluding hydrogens is 226 g/mol. The van der Waals surface area contributed by atoms with Crippen LogP contribution in [0.1, 0.15) is 21.5 Å². The molecule has 0 unspecified atom stereocenters. The minimum absolute atomic E-state index is 0.179. The number of allylic oxidation sites excluding steroid dienone is 1. The predicted molar refractivity (Wildman–Crippen MR) is 65.2 cm³/mol. The topological polar surface area (TPSA) is 44.0 Å². The van der Waals surface area contributed by atoms with E-state index in [1.54, 1.807) is 36.5 Å². The Labute approximate surface area is 105 Å². The van der Waals surface area contributed by atoms with Gasteiger partial charge >= 0.3 is 0 Å². The molecule has 1 aromatic carbocycles. The summed E-state index contributed by atoms with van der Waals surface area (Å²) in [7, 11) is 1.86. The minimum Gasteiger partial charge on any atom is -0.872 e. The Balaban J connectivity index is 2.21. The van der Waals surface area contributed by atoms with E-state index in [1.807, 2.05) is 23.9 Å². The molecule has 2 aromatic rings. The van der Waals surface area contributed by atoms with E-state index in [0.29, 0.717) is 16.7 Å². The lowest BCUT2D eigenvalue weighted by molar-refractivity contribution is -0.671. The minimum atomic E-state index is -0.179. The summed E-state index contributed by atoms with van der Waals surface area (Å²) in [6.45, 7) is 0. The monoisotopic (exact) mass is 237 g/mol. The van der Waals surface area contributed by atoms with Crippen LogP contribution in [0.25, 0.3) is 11.3 Å². The normalized spacial score (nSPS) is 13.9. The molecule has 1 aliphatic rings. The van der Waals surface area contributed by atoms with Gasteiger partial charge in [0.1, 0.15) is 7.05 Å². The largest absolute Gasteiger partial charge is 0.872 e. The highest BCUT2D eigenvalue weighted by Crippen LogP contribution is 2.34. The maximum absolute atomic E-state index is 12.3. The highest BCUT2D eigenvalue weighted by Gasteiger charge is 2.26. The maximum atomic E-state index is 12.3. The number of ketones is 1. The van der Waals surface area contributed by atoms with Crippen LogP contribution in [0.15, 0.2) is 48.8 Å². The zero-order chi connectivity index (χ0) is 12.7. The molecule has 0 saturated heterocycles. The van der Waals surface area contributed by atoms with Gasteiger partial charge in [0.25, 0.3) is 0 Å². The molecule has 3 heteroatoms. The van der Waals surface area contributed by atoms with Crippen molar-refractivity contribution in [2.45, 2.75) is 0 Å². The van der Waals surface area contributed by atoms with Crippen molar-refractivity contribution in [1.82, 2.24) is 0 Å². The number of aryl methyl sites for hydroxylation is 1. The number of fused-ring (bicyclic) bond motifs is 1. The average Bonchev–Trinajstić information content (AvgIpc) is 2.63. The number of nitrogens with zero attached hydrogens (tertiary/aromatic N) is 1. The molecule has 0 N–H and O–H groups in total. The second-order valence-electron chi connectivity index (χ2n) is 4.34. The van der Waals surface area contributed by atoms with Crippen LogP contribution in [0.3, 0.4) is 0 Å². The number of pyridine rings is 1. The van der Waals surface area contributed by atoms with Gasteiger partial charge in [0.05, 0.1) is 0 Å². The molecule has 0 aliphatic heterocycles. The van der Waals surface area contributed by atoms with Crippen molar-refractivity contribution >= 4 is 17.1 Å². The van der Waals surface area contributed by atoms with Gasteiger partial charge in [-0.1, -0.05) is 30.0 Å². The Hall–Kier alpha value is -2.42. The fourth-order valence-electron chi connectivity index (χ4n) is 2.25. The van der Waals surface area contributed by atoms with Crippen LogP contribution < -0.4 is 9.67 Å². The van der Waals surface area contributed by atoms with Crippen molar-refractivity contribution in [2.24, 2.45) is 7.05 Å². The Morgan fingerprint density at radius 2 is 1.78 bits per heavy atom. The third kappa shape index (κ3) is 1.44. The van der Waals surface area contributed by atoms with Crippen LogP contribution in [-0.4, -0.2) is 5.78 Å². The van der Waals surface area contributed by atoms with Crippen molar-refractivity contribution in [3.05, 3.63) is 65.5 Å². The van der Waals surface area contributed by atoms with E-state index in [2.05, 4.69) is 0 Å². The molecule has 1 heterocycles. The summed E-state index contributed by atoms with van der Waals surface area (Å²) < 4.78 is 1.83. The summed E-state index contributed by atoms with van der Waals surface area (Å²) in [5, 5.41) is 12.3. The van der Waals surface area contributed by atoms with E-state index in [9.17, 15) is 9.90 Å². The van der Waals surface area contributed by atoms with Crippen molar-refractivity contribution in [3.8, 4) is 0 Å². The Bertz CT molecular complexity index is 686. The van der Waals surface area contributed by atoms with Crippen molar-refractivity contribution in [3.63, 3.8) is 0 Å². The molecule has 1 aliphatic carbocycles. The van der Waals surface area contributed by atoms with Gasteiger partial charge in [0.15, 0.2) is 18.2 Å². The first kappa shape index (κ1) is 10.7. The lowest BCUT2D eigenvalue weighted by atomic mass is 10.0. The van der Waals surface area contributed by atoms with Crippen molar-refractivity contribution in [1.29, 1.82) is 0 Å². The summed E-state index contributed by atoms with van der Waals surface area (Å²) in [6.07, 6.45) is 3.65. The van der Waals surface area contributed by atoms with Crippen LogP contribution in [0, 0.1) is 0 Å². The molecule has 0 saturated carbocycles. The first-order chi connectivity index (χ1) is 8.68. The van der Waals surface area contributed by atoms with Gasteiger partial charge in [-0.25, -0.2) is 4.57 Å². The SMILES string of the molecule is C[n+]1cccc(C2=C([O-])c3ccccc3C2=O)c1. The number of Topliss-reactive ketones (excluding diaryl/α,β-unsaturated/α-hetero) is 1. The van der Waals surface area contributed by atoms with Gasteiger partial charge in [-0.05, 0) is 11.6 Å². The second kappa shape index (κ2) is 3.81. The third-order valence-electron chi connectivity index (χ3n) is 3.10. The summed E-state index contributed by atoms with van der Waals surface area (Å²) in [4.78, 5) is 12.3. The smallest absolute Gasteiger partial charge is 0.193 e. The first-order valence-corrected chi connectivity index (χ1v) is 5.69. The van der Waals surface area contributed by atoms with E-state index in [1.165, 1.54) is 0 Å². The predicted octanol–water partition coefficient (Wildman–Crippen LogP) is 0.936. The molecule has 3 rings (SSSR count). The van der Waals surface area contributed by atoms with Crippen molar-refractivity contribution < 1.29 is 14.5 Å². The van der Waals surface area contributed by atoms with Gasteiger partial charge in [0.2, 0.25) is 0 Å². The van der Waals surface area contributed by atoms with E-state index in [0.717, 1.165) is 0 Å². The summed E-state index contributed by atoms with van der Waals surface area (Å²) in [5.74, 6) is -0.358. The molecule has 88 valence electrons. The summed E-state index contributed by atoms with van der Waals surface area (Å²) >= 11 is 0. The number of benzene rings is 1. The standard InChI is InChI=1S/C15H11NO2/c1-16-8-4-5-10(9-16)13-14(17)11-6-2-3-7-12(11)15(13)18/h2-9H,1H3. The molecule has 0 atom stereocenters. The second-order valence-corrected chi connectivity index (χ2v) is 4.34. The molecule has 0 radical (unpaired) electrons. The van der Waals surface area contributed by atoms with Gasteiger partial charge < -0.3 is 5.11 Å². The highest BCUT2D eigenvalue weighted by molar-refractivity contribution is 6.38. The van der Waals surface area contributed by atoms with E-state index >= 15 is 0 Å². The average molecular weight is 237 g/mol. The first-order valence-electron chi connectivity index (χ1n) is 5.69. The molecule has 18 heavy (non-hydrogen) atoms. The summed E-state index contributed by atoms with van der Waals surface area (Å²) in [5.41, 5.74) is 1.95. The number of rotatable bonds is 1. The number of carbonyl (C=O) groups excluding carboxylic acids is 1. The molecule has 0 fully saturated rings. The molecule has 1 aromatic heterocycles. The van der Waals surface area contributed by atoms with Gasteiger partial charge in [0, 0.05) is 22.8 Å². The molecular formula is C15H11NO2. The van der Waals surface area contributed by atoms with Crippen molar-refractivity contribution in [2.75, 3.05) is 0 Å². The zero-order valence-electron chi connectivity index (χ0n) is 9.88. The highest BCUT2D eigenvalue weighted by atomic mass is 16.3. The number of carbonyl (C=O) groups is 1. The number of hydrogen-bond acceptors (Lipinski definition) is 2. The van der Waals surface area contributed by atoms with Crippen LogP contribution in [-0.2, 0) is 7.05 Å². The Morgan fingerprint density at radius 3 is 2.44 bits per heavy atom. The van der Waals surface area contributed by atoms with Gasteiger partial charge in [-0.15, -0.1) is 0 Å². The third-order valence-corrected chi connectivity index (χ3v) is 3.10. The number of hydrogen-bond donors (Lipinski definition) is 0. The van der Waals surface area contributed by atoms with E-state index in [4.69, 9.17) is 0 Å². The van der Waals surface area contributed by atoms with E-state index in [-0.39, 0.29) is 17.1 Å². The van der Waals surface area contributed by atoms with Crippen LogP contribution in [0.5, 0.6) is 0 Å². The molecule has 3 nitrogen and oxygen atoms in total. The lowest BCUT2D eigenvalue weighted by Gasteiger charge is -2.10. The van der Waals surface area contributed by atoms with Crippen LogP contribution >= 0.6 is 0 Å². The fraction of sp³-hybridized carbons (Fsp3) is 0.0667. The Morgan fingerprint density at radius 1 is 1.06 bits per heavy atom. The maximum Gasteiger partial charge on any atom is 0.193 e. The number of aromatic nitrogens is 1. The quantitative estimate of drug-likeness (QED) is 0.693. The Kier molecular flexibility index (Phi) is 2.27. The zero-order valence-corrected chi connectivity index (χ0v) is 9.88. The molecule has 0 spiro atoms. The van der Waals surface area contributed by atoms with Gasteiger partial charge in [-0.3, -0.25) is 4.79 Å². The van der Waals surface area contributed by atoms with Crippen LogP contribution in [0.4, 0.5) is 0 Å². The fourth-order valence-corrected chi connectivity index (χ4v) is 2.25. The lowest BCUT2D eigenvalue weighted by Crippen LogP contribution is -2.27.